The zero-order chi connectivity index (χ0) is 16.0. The normalized spacial score (nSPS) is 11.6. The maximum Gasteiger partial charge on any atom is 0.323 e. The second-order valence-corrected chi connectivity index (χ2v) is 6.72. The summed E-state index contributed by atoms with van der Waals surface area (Å²) in [6, 6.07) is 6.31. The lowest BCUT2D eigenvalue weighted by Crippen LogP contribution is -2.37. The SMILES string of the molecule is CCCNS(=O)(=O)c1ccccc1N(CC(=O)O)C(C)C. The number of carboxylic acids is 1. The number of aliphatic carboxylic acids is 1. The second-order valence-electron chi connectivity index (χ2n) is 4.98. The van der Waals surface area contributed by atoms with E-state index < -0.39 is 16.0 Å². The van der Waals surface area contributed by atoms with Gasteiger partial charge in [0.05, 0.1) is 5.69 Å². The van der Waals surface area contributed by atoms with Crippen LogP contribution < -0.4 is 9.62 Å². The van der Waals surface area contributed by atoms with Gasteiger partial charge in [-0.15, -0.1) is 0 Å². The van der Waals surface area contributed by atoms with E-state index in [9.17, 15) is 13.2 Å². The van der Waals surface area contributed by atoms with Gasteiger partial charge in [-0.1, -0.05) is 19.1 Å². The number of para-hydroxylation sites is 1. The molecular formula is C14H22N2O4S. The van der Waals surface area contributed by atoms with Crippen molar-refractivity contribution in [1.82, 2.24) is 4.72 Å². The predicted molar refractivity (Wildman–Crippen MR) is 82.0 cm³/mol. The Morgan fingerprint density at radius 2 is 1.95 bits per heavy atom. The van der Waals surface area contributed by atoms with E-state index in [0.29, 0.717) is 18.7 Å². The molecule has 0 radical (unpaired) electrons. The largest absolute Gasteiger partial charge is 0.480 e. The zero-order valence-corrected chi connectivity index (χ0v) is 13.4. The van der Waals surface area contributed by atoms with Crippen LogP contribution in [0.1, 0.15) is 27.2 Å². The number of carbonyl (C=O) groups is 1. The molecule has 1 rings (SSSR count). The summed E-state index contributed by atoms with van der Waals surface area (Å²) >= 11 is 0. The molecule has 0 aliphatic rings. The van der Waals surface area contributed by atoms with E-state index in [2.05, 4.69) is 4.72 Å². The summed E-state index contributed by atoms with van der Waals surface area (Å²) in [5, 5.41) is 9.02. The van der Waals surface area contributed by atoms with Crippen LogP contribution in [-0.4, -0.2) is 38.6 Å². The number of carboxylic acid groups (broad SMARTS) is 1. The molecule has 6 nitrogen and oxygen atoms in total. The molecule has 0 aliphatic heterocycles. The highest BCUT2D eigenvalue weighted by Gasteiger charge is 2.23. The summed E-state index contributed by atoms with van der Waals surface area (Å²) < 4.78 is 27.2. The number of hydrogen-bond acceptors (Lipinski definition) is 4. The summed E-state index contributed by atoms with van der Waals surface area (Å²) in [6.45, 7) is 5.62. The maximum absolute atomic E-state index is 12.3. The van der Waals surface area contributed by atoms with E-state index in [0.717, 1.165) is 0 Å². The predicted octanol–water partition coefficient (Wildman–Crippen LogP) is 1.67. The van der Waals surface area contributed by atoms with Crippen LogP contribution >= 0.6 is 0 Å². The minimum absolute atomic E-state index is 0.105. The highest BCUT2D eigenvalue weighted by atomic mass is 32.2. The van der Waals surface area contributed by atoms with Gasteiger partial charge in [0.15, 0.2) is 0 Å². The lowest BCUT2D eigenvalue weighted by atomic mass is 10.2. The Balaban J connectivity index is 3.27. The van der Waals surface area contributed by atoms with Gasteiger partial charge in [0.2, 0.25) is 10.0 Å². The third kappa shape index (κ3) is 4.71. The summed E-state index contributed by atoms with van der Waals surface area (Å²) in [6.07, 6.45) is 0.685. The van der Waals surface area contributed by atoms with Crippen molar-refractivity contribution in [3.8, 4) is 0 Å². The van der Waals surface area contributed by atoms with Crippen molar-refractivity contribution < 1.29 is 18.3 Å². The Kier molecular flexibility index (Phi) is 6.17. The molecule has 0 saturated carbocycles. The molecule has 2 N–H and O–H groups in total. The molecule has 0 aliphatic carbocycles. The molecule has 1 aromatic carbocycles. The van der Waals surface area contributed by atoms with Gasteiger partial charge in [0.25, 0.3) is 0 Å². The molecule has 0 fully saturated rings. The minimum atomic E-state index is -3.65. The lowest BCUT2D eigenvalue weighted by molar-refractivity contribution is -0.135. The first-order valence-electron chi connectivity index (χ1n) is 6.86. The van der Waals surface area contributed by atoms with Gasteiger partial charge in [-0.3, -0.25) is 4.79 Å². The fraction of sp³-hybridized carbons (Fsp3) is 0.500. The first-order valence-corrected chi connectivity index (χ1v) is 8.35. The van der Waals surface area contributed by atoms with Crippen molar-refractivity contribution in [3.05, 3.63) is 24.3 Å². The van der Waals surface area contributed by atoms with Crippen molar-refractivity contribution in [1.29, 1.82) is 0 Å². The Hall–Kier alpha value is -1.60. The first kappa shape index (κ1) is 17.5. The Labute approximate surface area is 125 Å². The zero-order valence-electron chi connectivity index (χ0n) is 12.5. The standard InChI is InChI=1S/C14H22N2O4S/c1-4-9-15-21(19,20)13-8-6-5-7-12(13)16(11(2)3)10-14(17)18/h5-8,11,15H,4,9-10H2,1-3H3,(H,17,18). The quantitative estimate of drug-likeness (QED) is 0.762. The van der Waals surface area contributed by atoms with Gasteiger partial charge in [-0.2, -0.15) is 0 Å². The summed E-state index contributed by atoms with van der Waals surface area (Å²) in [4.78, 5) is 12.7. The molecule has 0 spiro atoms. The Bertz CT molecular complexity index is 584. The number of nitrogens with zero attached hydrogens (tertiary/aromatic N) is 1. The molecule has 0 unspecified atom stereocenters. The van der Waals surface area contributed by atoms with Gasteiger partial charge < -0.3 is 10.0 Å². The summed E-state index contributed by atoms with van der Waals surface area (Å²) in [5.41, 5.74) is 0.401. The van der Waals surface area contributed by atoms with E-state index in [1.165, 1.54) is 6.07 Å². The van der Waals surface area contributed by atoms with Crippen LogP contribution in [-0.2, 0) is 14.8 Å². The van der Waals surface area contributed by atoms with Gasteiger partial charge in [0.1, 0.15) is 11.4 Å². The van der Waals surface area contributed by atoms with Crippen molar-refractivity contribution in [2.45, 2.75) is 38.1 Å². The highest BCUT2D eigenvalue weighted by Crippen LogP contribution is 2.26. The van der Waals surface area contributed by atoms with Gasteiger partial charge in [0, 0.05) is 12.6 Å². The topological polar surface area (TPSA) is 86.7 Å². The van der Waals surface area contributed by atoms with Crippen LogP contribution in [0.4, 0.5) is 5.69 Å². The highest BCUT2D eigenvalue weighted by molar-refractivity contribution is 7.89. The maximum atomic E-state index is 12.3. The van der Waals surface area contributed by atoms with Crippen molar-refractivity contribution in [2.24, 2.45) is 0 Å². The molecule has 0 atom stereocenters. The Morgan fingerprint density at radius 1 is 1.33 bits per heavy atom. The number of anilines is 1. The molecule has 7 heteroatoms. The van der Waals surface area contributed by atoms with E-state index in [-0.39, 0.29) is 17.5 Å². The third-order valence-corrected chi connectivity index (χ3v) is 4.44. The molecule has 0 aromatic heterocycles. The van der Waals surface area contributed by atoms with Crippen molar-refractivity contribution >= 4 is 21.7 Å². The number of nitrogens with one attached hydrogen (secondary N) is 1. The molecule has 1 aromatic rings. The lowest BCUT2D eigenvalue weighted by Gasteiger charge is -2.29. The summed E-state index contributed by atoms with van der Waals surface area (Å²) in [5.74, 6) is -1.00. The number of benzene rings is 1. The van der Waals surface area contributed by atoms with E-state index in [4.69, 9.17) is 5.11 Å². The monoisotopic (exact) mass is 314 g/mol. The molecule has 0 amide bonds. The van der Waals surface area contributed by atoms with Gasteiger partial charge in [-0.05, 0) is 32.4 Å². The van der Waals surface area contributed by atoms with Crippen LogP contribution in [0.5, 0.6) is 0 Å². The average molecular weight is 314 g/mol. The molecular weight excluding hydrogens is 292 g/mol. The first-order chi connectivity index (χ1) is 9.79. The minimum Gasteiger partial charge on any atom is -0.480 e. The second kappa shape index (κ2) is 7.42. The number of hydrogen-bond donors (Lipinski definition) is 2. The fourth-order valence-corrected chi connectivity index (χ4v) is 3.27. The van der Waals surface area contributed by atoms with Gasteiger partial charge >= 0.3 is 5.97 Å². The van der Waals surface area contributed by atoms with Crippen LogP contribution in [0, 0.1) is 0 Å². The Morgan fingerprint density at radius 3 is 2.48 bits per heavy atom. The van der Waals surface area contributed by atoms with Crippen LogP contribution in [0.25, 0.3) is 0 Å². The van der Waals surface area contributed by atoms with Crippen LogP contribution in [0.3, 0.4) is 0 Å². The van der Waals surface area contributed by atoms with Crippen molar-refractivity contribution in [3.63, 3.8) is 0 Å². The van der Waals surface area contributed by atoms with E-state index >= 15 is 0 Å². The van der Waals surface area contributed by atoms with Crippen LogP contribution in [0.2, 0.25) is 0 Å². The average Bonchev–Trinajstić information content (AvgIpc) is 2.42. The molecule has 118 valence electrons. The summed E-state index contributed by atoms with van der Waals surface area (Å²) in [7, 11) is -3.65. The fourth-order valence-electron chi connectivity index (χ4n) is 1.93. The van der Waals surface area contributed by atoms with E-state index in [1.807, 2.05) is 20.8 Å². The molecule has 21 heavy (non-hydrogen) atoms. The smallest absolute Gasteiger partial charge is 0.323 e. The van der Waals surface area contributed by atoms with E-state index in [1.54, 1.807) is 23.1 Å². The molecule has 0 bridgehead atoms. The van der Waals surface area contributed by atoms with Gasteiger partial charge in [-0.25, -0.2) is 13.1 Å². The molecule has 0 saturated heterocycles. The molecule has 0 heterocycles. The van der Waals surface area contributed by atoms with Crippen LogP contribution in [0.15, 0.2) is 29.2 Å². The van der Waals surface area contributed by atoms with Crippen molar-refractivity contribution in [2.75, 3.05) is 18.0 Å². The number of rotatable bonds is 8. The third-order valence-electron chi connectivity index (χ3n) is 2.94. The number of sulfonamides is 1.